The van der Waals surface area contributed by atoms with Crippen LogP contribution in [0.15, 0.2) is 24.3 Å². The Morgan fingerprint density at radius 3 is 2.67 bits per heavy atom. The van der Waals surface area contributed by atoms with Crippen LogP contribution < -0.4 is 5.73 Å². The summed E-state index contributed by atoms with van der Waals surface area (Å²) in [6, 6.07) is 9.07. The van der Waals surface area contributed by atoms with Crippen LogP contribution in [0.3, 0.4) is 0 Å². The summed E-state index contributed by atoms with van der Waals surface area (Å²) >= 11 is 2.43. The Bertz CT molecular complexity index is 363. The van der Waals surface area contributed by atoms with Crippen molar-refractivity contribution in [1.82, 2.24) is 0 Å². The molecular formula is C13H18IN. The van der Waals surface area contributed by atoms with Gasteiger partial charge in [-0.2, -0.15) is 0 Å². The van der Waals surface area contributed by atoms with Crippen molar-refractivity contribution in [3.8, 4) is 0 Å². The smallest absolute Gasteiger partial charge is 0.0165 e. The molecule has 0 spiro atoms. The summed E-state index contributed by atoms with van der Waals surface area (Å²) in [5, 5.41) is 0. The van der Waals surface area contributed by atoms with Gasteiger partial charge in [0.1, 0.15) is 0 Å². The number of rotatable bonds is 2. The van der Waals surface area contributed by atoms with Gasteiger partial charge in [-0.3, -0.25) is 0 Å². The Hall–Kier alpha value is -0.0900. The van der Waals surface area contributed by atoms with Gasteiger partial charge in [0.05, 0.1) is 0 Å². The zero-order valence-corrected chi connectivity index (χ0v) is 11.5. The lowest BCUT2D eigenvalue weighted by molar-refractivity contribution is 0.0701. The Balaban J connectivity index is 2.31. The average Bonchev–Trinajstić information content (AvgIpc) is 2.26. The van der Waals surface area contributed by atoms with Gasteiger partial charge < -0.3 is 5.73 Å². The molecule has 2 rings (SSSR count). The molecule has 2 heteroatoms. The average molecular weight is 315 g/mol. The molecule has 0 heterocycles. The lowest BCUT2D eigenvalue weighted by atomic mass is 9.54. The van der Waals surface area contributed by atoms with Gasteiger partial charge in [0.25, 0.3) is 0 Å². The van der Waals surface area contributed by atoms with E-state index in [-0.39, 0.29) is 0 Å². The number of benzene rings is 1. The van der Waals surface area contributed by atoms with Crippen molar-refractivity contribution >= 4 is 22.6 Å². The number of hydrogen-bond donors (Lipinski definition) is 1. The molecule has 0 amide bonds. The van der Waals surface area contributed by atoms with Gasteiger partial charge in [-0.1, -0.05) is 32.0 Å². The summed E-state index contributed by atoms with van der Waals surface area (Å²) in [6.07, 6.45) is 2.31. The maximum Gasteiger partial charge on any atom is 0.0165 e. The van der Waals surface area contributed by atoms with Crippen molar-refractivity contribution < 1.29 is 0 Å². The third-order valence-corrected chi connectivity index (χ3v) is 5.16. The molecule has 15 heavy (non-hydrogen) atoms. The Kier molecular flexibility index (Phi) is 3.08. The summed E-state index contributed by atoms with van der Waals surface area (Å²) in [5.41, 5.74) is 7.94. The fraction of sp³-hybridized carbons (Fsp3) is 0.538. The molecular weight excluding hydrogens is 297 g/mol. The van der Waals surface area contributed by atoms with E-state index in [0.29, 0.717) is 17.4 Å². The molecule has 1 aliphatic rings. The van der Waals surface area contributed by atoms with Gasteiger partial charge in [-0.05, 0) is 58.4 Å². The first-order chi connectivity index (χ1) is 7.09. The SMILES string of the molecule is CCC1(C)C(N)CC1c1ccccc1I. The van der Waals surface area contributed by atoms with E-state index in [1.807, 2.05) is 0 Å². The van der Waals surface area contributed by atoms with Gasteiger partial charge in [-0.15, -0.1) is 0 Å². The van der Waals surface area contributed by atoms with Gasteiger partial charge in [-0.25, -0.2) is 0 Å². The van der Waals surface area contributed by atoms with E-state index in [1.54, 1.807) is 0 Å². The molecule has 3 unspecified atom stereocenters. The molecule has 2 N–H and O–H groups in total. The molecule has 0 aliphatic heterocycles. The van der Waals surface area contributed by atoms with E-state index in [0.717, 1.165) is 6.42 Å². The lowest BCUT2D eigenvalue weighted by Crippen LogP contribution is -2.54. The first-order valence-electron chi connectivity index (χ1n) is 5.59. The molecule has 1 aliphatic carbocycles. The van der Waals surface area contributed by atoms with Crippen LogP contribution in [-0.2, 0) is 0 Å². The Morgan fingerprint density at radius 2 is 2.13 bits per heavy atom. The normalized spacial score (nSPS) is 34.9. The van der Waals surface area contributed by atoms with Crippen LogP contribution in [-0.4, -0.2) is 6.04 Å². The summed E-state index contributed by atoms with van der Waals surface area (Å²) in [7, 11) is 0. The number of nitrogens with two attached hydrogens (primary N) is 1. The molecule has 0 saturated heterocycles. The topological polar surface area (TPSA) is 26.0 Å². The second-order valence-corrected chi connectivity index (χ2v) is 5.94. The van der Waals surface area contributed by atoms with Crippen molar-refractivity contribution in [2.24, 2.45) is 11.1 Å². The van der Waals surface area contributed by atoms with Crippen molar-refractivity contribution in [3.05, 3.63) is 33.4 Å². The highest BCUT2D eigenvalue weighted by Gasteiger charge is 2.49. The van der Waals surface area contributed by atoms with Crippen LogP contribution in [0, 0.1) is 8.99 Å². The van der Waals surface area contributed by atoms with Crippen LogP contribution in [0.4, 0.5) is 0 Å². The summed E-state index contributed by atoms with van der Waals surface area (Å²) in [4.78, 5) is 0. The van der Waals surface area contributed by atoms with Crippen molar-refractivity contribution in [2.45, 2.75) is 38.6 Å². The predicted octanol–water partition coefficient (Wildman–Crippen LogP) is 3.52. The van der Waals surface area contributed by atoms with E-state index in [4.69, 9.17) is 5.73 Å². The molecule has 0 radical (unpaired) electrons. The van der Waals surface area contributed by atoms with Crippen LogP contribution in [0.2, 0.25) is 0 Å². The van der Waals surface area contributed by atoms with E-state index < -0.39 is 0 Å². The quantitative estimate of drug-likeness (QED) is 0.830. The lowest BCUT2D eigenvalue weighted by Gasteiger charge is -2.53. The maximum absolute atomic E-state index is 6.14. The van der Waals surface area contributed by atoms with Gasteiger partial charge in [0.15, 0.2) is 0 Å². The van der Waals surface area contributed by atoms with Gasteiger partial charge in [0.2, 0.25) is 0 Å². The third-order valence-electron chi connectivity index (χ3n) is 4.18. The first kappa shape index (κ1) is 11.4. The molecule has 1 aromatic carbocycles. The molecule has 0 aromatic heterocycles. The van der Waals surface area contributed by atoms with Crippen molar-refractivity contribution in [2.75, 3.05) is 0 Å². The third kappa shape index (κ3) is 1.72. The monoisotopic (exact) mass is 315 g/mol. The molecule has 3 atom stereocenters. The highest BCUT2D eigenvalue weighted by atomic mass is 127. The molecule has 0 bridgehead atoms. The Morgan fingerprint density at radius 1 is 1.47 bits per heavy atom. The second kappa shape index (κ2) is 4.06. The van der Waals surface area contributed by atoms with Gasteiger partial charge >= 0.3 is 0 Å². The highest BCUT2D eigenvalue weighted by molar-refractivity contribution is 14.1. The van der Waals surface area contributed by atoms with Crippen molar-refractivity contribution in [3.63, 3.8) is 0 Å². The minimum atomic E-state index is 0.307. The van der Waals surface area contributed by atoms with E-state index in [1.165, 1.54) is 15.6 Å². The van der Waals surface area contributed by atoms with Crippen LogP contribution in [0.5, 0.6) is 0 Å². The van der Waals surface area contributed by atoms with Crippen LogP contribution in [0.25, 0.3) is 0 Å². The van der Waals surface area contributed by atoms with E-state index in [2.05, 4.69) is 60.7 Å². The zero-order valence-electron chi connectivity index (χ0n) is 9.33. The molecule has 1 aromatic rings. The number of hydrogen-bond acceptors (Lipinski definition) is 1. The highest BCUT2D eigenvalue weighted by Crippen LogP contribution is 2.54. The number of halogens is 1. The zero-order chi connectivity index (χ0) is 11.1. The molecule has 82 valence electrons. The minimum absolute atomic E-state index is 0.307. The Labute approximate surface area is 106 Å². The maximum atomic E-state index is 6.14. The molecule has 1 fully saturated rings. The fourth-order valence-electron chi connectivity index (χ4n) is 2.64. The van der Waals surface area contributed by atoms with Crippen molar-refractivity contribution in [1.29, 1.82) is 0 Å². The summed E-state index contributed by atoms with van der Waals surface area (Å²) in [6.45, 7) is 4.58. The van der Waals surface area contributed by atoms with Crippen LogP contribution >= 0.6 is 22.6 Å². The largest absolute Gasteiger partial charge is 0.327 e. The fourth-order valence-corrected chi connectivity index (χ4v) is 3.40. The standard InChI is InChI=1S/C13H18IN/c1-3-13(2)10(8-12(13)15)9-6-4-5-7-11(9)14/h4-7,10,12H,3,8,15H2,1-2H3. The summed E-state index contributed by atoms with van der Waals surface area (Å²) in [5.74, 6) is 0.658. The van der Waals surface area contributed by atoms with E-state index >= 15 is 0 Å². The summed E-state index contributed by atoms with van der Waals surface area (Å²) < 4.78 is 1.38. The molecule has 1 saturated carbocycles. The van der Waals surface area contributed by atoms with Crippen LogP contribution in [0.1, 0.15) is 38.2 Å². The van der Waals surface area contributed by atoms with E-state index in [9.17, 15) is 0 Å². The predicted molar refractivity (Wildman–Crippen MR) is 72.9 cm³/mol. The second-order valence-electron chi connectivity index (χ2n) is 4.78. The molecule has 1 nitrogen and oxygen atoms in total. The first-order valence-corrected chi connectivity index (χ1v) is 6.67. The van der Waals surface area contributed by atoms with Gasteiger partial charge in [0, 0.05) is 9.61 Å². The minimum Gasteiger partial charge on any atom is -0.327 e.